The molecule has 1 N–H and O–H groups in total. The maximum atomic E-state index is 14.5. The van der Waals surface area contributed by atoms with Crippen LogP contribution in [0.3, 0.4) is 0 Å². The zero-order chi connectivity index (χ0) is 24.5. The first-order chi connectivity index (χ1) is 16.3. The fraction of sp³-hybridized carbons (Fsp3) is 0.286. The van der Waals surface area contributed by atoms with Crippen LogP contribution in [-0.2, 0) is 22.6 Å². The number of carbonyl (C=O) groups excluding carboxylic acids is 2. The van der Waals surface area contributed by atoms with Crippen molar-refractivity contribution in [1.82, 2.24) is 10.2 Å². The molecule has 1 atom stereocenters. The normalized spacial score (nSPS) is 11.7. The summed E-state index contributed by atoms with van der Waals surface area (Å²) < 4.78 is 20.3. The number of nitrogens with one attached hydrogen (secondary N) is 1. The lowest BCUT2D eigenvalue weighted by Crippen LogP contribution is -2.53. The zero-order valence-electron chi connectivity index (χ0n) is 19.8. The maximum Gasteiger partial charge on any atom is 0.261 e. The van der Waals surface area contributed by atoms with E-state index in [0.717, 1.165) is 11.1 Å². The quantitative estimate of drug-likeness (QED) is 0.476. The smallest absolute Gasteiger partial charge is 0.261 e. The minimum atomic E-state index is -0.835. The molecule has 0 fully saturated rings. The van der Waals surface area contributed by atoms with Gasteiger partial charge in [-0.1, -0.05) is 60.7 Å². The summed E-state index contributed by atoms with van der Waals surface area (Å²) in [5.41, 5.74) is 2.24. The summed E-state index contributed by atoms with van der Waals surface area (Å²) in [6.45, 7) is 5.35. The molecule has 0 unspecified atom stereocenters. The predicted octanol–water partition coefficient (Wildman–Crippen LogP) is 4.68. The van der Waals surface area contributed by atoms with Gasteiger partial charge in [-0.2, -0.15) is 0 Å². The van der Waals surface area contributed by atoms with Gasteiger partial charge in [-0.3, -0.25) is 9.59 Å². The van der Waals surface area contributed by atoms with E-state index in [4.69, 9.17) is 4.74 Å². The zero-order valence-corrected chi connectivity index (χ0v) is 19.8. The van der Waals surface area contributed by atoms with Crippen LogP contribution in [0, 0.1) is 12.7 Å². The van der Waals surface area contributed by atoms with Crippen LogP contribution in [0.2, 0.25) is 0 Å². The minimum absolute atomic E-state index is 0.0499. The predicted molar refractivity (Wildman–Crippen MR) is 131 cm³/mol. The standard InChI is InChI=1S/C28H31FN2O3/c1-20(2)30-28(33)26(17-22-11-5-4-6-12-22)31(18-23-13-7-8-15-25(23)29)27(32)19-34-24-14-9-10-21(3)16-24/h4-16,20,26H,17-19H2,1-3H3,(H,30,33)/t26-/m0/s1. The van der Waals surface area contributed by atoms with Crippen molar-refractivity contribution < 1.29 is 18.7 Å². The van der Waals surface area contributed by atoms with Crippen molar-refractivity contribution in [3.05, 3.63) is 101 Å². The van der Waals surface area contributed by atoms with Crippen LogP contribution < -0.4 is 10.1 Å². The van der Waals surface area contributed by atoms with E-state index < -0.39 is 17.8 Å². The molecule has 0 spiro atoms. The molecule has 0 bridgehead atoms. The lowest BCUT2D eigenvalue weighted by molar-refractivity contribution is -0.143. The number of ether oxygens (including phenoxy) is 1. The molecule has 0 heterocycles. The summed E-state index contributed by atoms with van der Waals surface area (Å²) in [4.78, 5) is 28.1. The molecule has 0 saturated carbocycles. The van der Waals surface area contributed by atoms with E-state index in [0.29, 0.717) is 17.7 Å². The lowest BCUT2D eigenvalue weighted by Gasteiger charge is -2.32. The van der Waals surface area contributed by atoms with Crippen molar-refractivity contribution in [3.63, 3.8) is 0 Å². The van der Waals surface area contributed by atoms with Crippen LogP contribution in [0.1, 0.15) is 30.5 Å². The largest absolute Gasteiger partial charge is 0.484 e. The fourth-order valence-corrected chi connectivity index (χ4v) is 3.68. The molecule has 3 rings (SSSR count). The Morgan fingerprint density at radius 3 is 2.35 bits per heavy atom. The van der Waals surface area contributed by atoms with Crippen LogP contribution in [0.5, 0.6) is 5.75 Å². The highest BCUT2D eigenvalue weighted by atomic mass is 19.1. The van der Waals surface area contributed by atoms with E-state index in [2.05, 4.69) is 5.32 Å². The number of nitrogens with zero attached hydrogens (tertiary/aromatic N) is 1. The number of amides is 2. The number of carbonyl (C=O) groups is 2. The second kappa shape index (κ2) is 12.0. The molecule has 5 nitrogen and oxygen atoms in total. The first kappa shape index (κ1) is 25.0. The number of halogens is 1. The van der Waals surface area contributed by atoms with Crippen molar-refractivity contribution in [1.29, 1.82) is 0 Å². The van der Waals surface area contributed by atoms with E-state index in [9.17, 15) is 14.0 Å². The Bertz CT molecular complexity index is 1100. The molecule has 2 amide bonds. The first-order valence-electron chi connectivity index (χ1n) is 11.4. The molecule has 178 valence electrons. The minimum Gasteiger partial charge on any atom is -0.484 e. The van der Waals surface area contributed by atoms with Gasteiger partial charge >= 0.3 is 0 Å². The van der Waals surface area contributed by atoms with Gasteiger partial charge in [0.1, 0.15) is 17.6 Å². The summed E-state index contributed by atoms with van der Waals surface area (Å²) in [6.07, 6.45) is 0.296. The number of benzene rings is 3. The Balaban J connectivity index is 1.92. The maximum absolute atomic E-state index is 14.5. The average Bonchev–Trinajstić information content (AvgIpc) is 2.81. The first-order valence-corrected chi connectivity index (χ1v) is 11.4. The molecule has 0 radical (unpaired) electrons. The molecule has 6 heteroatoms. The van der Waals surface area contributed by atoms with Crippen LogP contribution in [0.25, 0.3) is 0 Å². The molecular formula is C28H31FN2O3. The highest BCUT2D eigenvalue weighted by Gasteiger charge is 2.31. The summed E-state index contributed by atoms with van der Waals surface area (Å²) in [6, 6.07) is 22.2. The van der Waals surface area contributed by atoms with Crippen LogP contribution in [-0.4, -0.2) is 35.4 Å². The summed E-state index contributed by atoms with van der Waals surface area (Å²) in [7, 11) is 0. The third-order valence-corrected chi connectivity index (χ3v) is 5.35. The van der Waals surface area contributed by atoms with Gasteiger partial charge in [0.05, 0.1) is 0 Å². The Morgan fingerprint density at radius 1 is 0.971 bits per heavy atom. The molecule has 3 aromatic rings. The van der Waals surface area contributed by atoms with Crippen LogP contribution in [0.4, 0.5) is 4.39 Å². The monoisotopic (exact) mass is 462 g/mol. The highest BCUT2D eigenvalue weighted by molar-refractivity contribution is 5.88. The van der Waals surface area contributed by atoms with Crippen molar-refractivity contribution in [2.45, 2.75) is 45.8 Å². The highest BCUT2D eigenvalue weighted by Crippen LogP contribution is 2.18. The van der Waals surface area contributed by atoms with Crippen LogP contribution >= 0.6 is 0 Å². The van der Waals surface area contributed by atoms with Gasteiger partial charge in [0.25, 0.3) is 5.91 Å². The number of hydrogen-bond acceptors (Lipinski definition) is 3. The van der Waals surface area contributed by atoms with Crippen molar-refractivity contribution in [2.75, 3.05) is 6.61 Å². The third-order valence-electron chi connectivity index (χ3n) is 5.35. The van der Waals surface area contributed by atoms with Crippen molar-refractivity contribution >= 4 is 11.8 Å². The van der Waals surface area contributed by atoms with Gasteiger partial charge in [-0.25, -0.2) is 4.39 Å². The van der Waals surface area contributed by atoms with E-state index in [1.807, 2.05) is 69.3 Å². The van der Waals surface area contributed by atoms with E-state index in [-0.39, 0.29) is 25.1 Å². The number of hydrogen-bond donors (Lipinski definition) is 1. The van der Waals surface area contributed by atoms with Gasteiger partial charge in [-0.15, -0.1) is 0 Å². The molecule has 3 aromatic carbocycles. The fourth-order valence-electron chi connectivity index (χ4n) is 3.68. The van der Waals surface area contributed by atoms with Crippen molar-refractivity contribution in [3.8, 4) is 5.75 Å². The summed E-state index contributed by atoms with van der Waals surface area (Å²) >= 11 is 0. The molecule has 0 saturated heterocycles. The lowest BCUT2D eigenvalue weighted by atomic mass is 10.0. The third kappa shape index (κ3) is 7.17. The summed E-state index contributed by atoms with van der Waals surface area (Å²) in [5.74, 6) is -0.559. The molecule has 0 aliphatic carbocycles. The molecule has 0 aliphatic heterocycles. The second-order valence-corrected chi connectivity index (χ2v) is 8.59. The van der Waals surface area contributed by atoms with E-state index >= 15 is 0 Å². The van der Waals surface area contributed by atoms with Crippen LogP contribution in [0.15, 0.2) is 78.9 Å². The second-order valence-electron chi connectivity index (χ2n) is 8.59. The molecule has 34 heavy (non-hydrogen) atoms. The Hall–Kier alpha value is -3.67. The summed E-state index contributed by atoms with van der Waals surface area (Å²) in [5, 5.41) is 2.91. The number of rotatable bonds is 10. The molecule has 0 aromatic heterocycles. The number of aryl methyl sites for hydroxylation is 1. The molecular weight excluding hydrogens is 431 g/mol. The van der Waals surface area contributed by atoms with Gasteiger partial charge in [0, 0.05) is 24.6 Å². The van der Waals surface area contributed by atoms with Gasteiger partial charge < -0.3 is 15.0 Å². The molecule has 0 aliphatic rings. The SMILES string of the molecule is Cc1cccc(OCC(=O)N(Cc2ccccc2F)[C@@H](Cc2ccccc2)C(=O)NC(C)C)c1. The average molecular weight is 463 g/mol. The van der Waals surface area contributed by atoms with E-state index in [1.165, 1.54) is 11.0 Å². The van der Waals surface area contributed by atoms with E-state index in [1.54, 1.807) is 24.3 Å². The Labute approximate surface area is 200 Å². The van der Waals surface area contributed by atoms with Crippen molar-refractivity contribution in [2.24, 2.45) is 0 Å². The van der Waals surface area contributed by atoms with Gasteiger partial charge in [0.15, 0.2) is 6.61 Å². The topological polar surface area (TPSA) is 58.6 Å². The Morgan fingerprint density at radius 2 is 1.68 bits per heavy atom. The van der Waals surface area contributed by atoms with Gasteiger partial charge in [-0.05, 0) is 50.1 Å². The van der Waals surface area contributed by atoms with Gasteiger partial charge in [0.2, 0.25) is 5.91 Å². The Kier molecular flexibility index (Phi) is 8.79.